The van der Waals surface area contributed by atoms with Crippen molar-refractivity contribution in [1.82, 2.24) is 10.2 Å². The molecule has 1 unspecified atom stereocenters. The van der Waals surface area contributed by atoms with E-state index < -0.39 is 0 Å². The van der Waals surface area contributed by atoms with Crippen molar-refractivity contribution in [1.29, 1.82) is 0 Å². The average molecular weight is 245 g/mol. The van der Waals surface area contributed by atoms with E-state index in [0.29, 0.717) is 6.54 Å². The second kappa shape index (κ2) is 8.95. The minimum Gasteiger partial charge on any atom is -0.380 e. The summed E-state index contributed by atoms with van der Waals surface area (Å²) in [5, 5.41) is 2.71. The fraction of sp³-hybridized carbons (Fsp3) is 0.818. The molecule has 0 saturated heterocycles. The van der Waals surface area contributed by atoms with Gasteiger partial charge in [-0.05, 0) is 6.42 Å². The molecule has 100 valence electrons. The van der Waals surface area contributed by atoms with E-state index >= 15 is 0 Å². The first-order chi connectivity index (χ1) is 8.04. The standard InChI is InChI=1S/C11H23N3O3/c1-4-5-13-10(15)8-14(2)11(16)6-9(7-12)17-3/h9H,4-8,12H2,1-3H3,(H,13,15). The Morgan fingerprint density at radius 3 is 2.59 bits per heavy atom. The van der Waals surface area contributed by atoms with Gasteiger partial charge in [0.2, 0.25) is 11.8 Å². The van der Waals surface area contributed by atoms with E-state index in [1.165, 1.54) is 12.0 Å². The Morgan fingerprint density at radius 1 is 1.47 bits per heavy atom. The van der Waals surface area contributed by atoms with Crippen LogP contribution < -0.4 is 11.1 Å². The van der Waals surface area contributed by atoms with Gasteiger partial charge in [0, 0.05) is 27.2 Å². The van der Waals surface area contributed by atoms with Gasteiger partial charge < -0.3 is 20.7 Å². The Bertz CT molecular complexity index is 242. The monoisotopic (exact) mass is 245 g/mol. The van der Waals surface area contributed by atoms with Crippen molar-refractivity contribution in [2.24, 2.45) is 5.73 Å². The summed E-state index contributed by atoms with van der Waals surface area (Å²) in [5.74, 6) is -0.293. The second-order valence-electron chi connectivity index (χ2n) is 3.90. The summed E-state index contributed by atoms with van der Waals surface area (Å²) >= 11 is 0. The normalized spacial score (nSPS) is 12.0. The van der Waals surface area contributed by atoms with Gasteiger partial charge in [-0.1, -0.05) is 6.92 Å². The van der Waals surface area contributed by atoms with Crippen LogP contribution >= 0.6 is 0 Å². The first-order valence-electron chi connectivity index (χ1n) is 5.78. The lowest BCUT2D eigenvalue weighted by Gasteiger charge is -2.19. The summed E-state index contributed by atoms with van der Waals surface area (Å²) in [5.41, 5.74) is 5.42. The van der Waals surface area contributed by atoms with E-state index in [0.717, 1.165) is 6.42 Å². The molecule has 0 radical (unpaired) electrons. The highest BCUT2D eigenvalue weighted by Gasteiger charge is 2.17. The second-order valence-corrected chi connectivity index (χ2v) is 3.90. The largest absolute Gasteiger partial charge is 0.380 e. The summed E-state index contributed by atoms with van der Waals surface area (Å²) in [6, 6.07) is 0. The van der Waals surface area contributed by atoms with E-state index in [-0.39, 0.29) is 37.4 Å². The SMILES string of the molecule is CCCNC(=O)CN(C)C(=O)CC(CN)OC. The molecule has 0 aromatic rings. The van der Waals surface area contributed by atoms with E-state index in [1.807, 2.05) is 6.92 Å². The molecule has 3 N–H and O–H groups in total. The molecule has 2 amide bonds. The van der Waals surface area contributed by atoms with E-state index in [2.05, 4.69) is 5.32 Å². The minimum atomic E-state index is -0.288. The number of nitrogens with one attached hydrogen (secondary N) is 1. The Morgan fingerprint density at radius 2 is 2.12 bits per heavy atom. The smallest absolute Gasteiger partial charge is 0.239 e. The molecular formula is C11H23N3O3. The van der Waals surface area contributed by atoms with Crippen LogP contribution in [-0.2, 0) is 14.3 Å². The van der Waals surface area contributed by atoms with E-state index in [1.54, 1.807) is 7.05 Å². The Hall–Kier alpha value is -1.14. The van der Waals surface area contributed by atoms with E-state index in [4.69, 9.17) is 10.5 Å². The molecule has 0 aliphatic heterocycles. The lowest BCUT2D eigenvalue weighted by molar-refractivity contribution is -0.136. The number of carbonyl (C=O) groups is 2. The zero-order valence-corrected chi connectivity index (χ0v) is 10.9. The number of likely N-dealkylation sites (N-methyl/N-ethyl adjacent to an activating group) is 1. The number of methoxy groups -OCH3 is 1. The van der Waals surface area contributed by atoms with Gasteiger partial charge in [0.05, 0.1) is 19.1 Å². The molecule has 0 heterocycles. The molecule has 0 bridgehead atoms. The van der Waals surface area contributed by atoms with Crippen LogP contribution in [0.3, 0.4) is 0 Å². The molecule has 0 aliphatic carbocycles. The lowest BCUT2D eigenvalue weighted by atomic mass is 10.2. The van der Waals surface area contributed by atoms with Crippen molar-refractivity contribution >= 4 is 11.8 Å². The summed E-state index contributed by atoms with van der Waals surface area (Å²) < 4.78 is 5.02. The lowest BCUT2D eigenvalue weighted by Crippen LogP contribution is -2.40. The fourth-order valence-corrected chi connectivity index (χ4v) is 1.24. The molecule has 1 atom stereocenters. The highest BCUT2D eigenvalue weighted by Crippen LogP contribution is 1.99. The van der Waals surface area contributed by atoms with Crippen LogP contribution in [0.4, 0.5) is 0 Å². The maximum atomic E-state index is 11.7. The highest BCUT2D eigenvalue weighted by molar-refractivity contribution is 5.84. The number of hydrogen-bond donors (Lipinski definition) is 2. The number of nitrogens with two attached hydrogens (primary N) is 1. The Balaban J connectivity index is 4.00. The zero-order chi connectivity index (χ0) is 13.3. The molecule has 0 aromatic heterocycles. The van der Waals surface area contributed by atoms with Crippen molar-refractivity contribution in [3.05, 3.63) is 0 Å². The fourth-order valence-electron chi connectivity index (χ4n) is 1.24. The predicted molar refractivity (Wildman–Crippen MR) is 65.4 cm³/mol. The van der Waals surface area contributed by atoms with Gasteiger partial charge in [-0.3, -0.25) is 9.59 Å². The molecule has 6 nitrogen and oxygen atoms in total. The third-order valence-electron chi connectivity index (χ3n) is 2.38. The molecule has 0 spiro atoms. The Labute approximate surface area is 102 Å². The molecule has 6 heteroatoms. The van der Waals surface area contributed by atoms with Gasteiger partial charge in [0.1, 0.15) is 0 Å². The van der Waals surface area contributed by atoms with Crippen LogP contribution in [0.25, 0.3) is 0 Å². The van der Waals surface area contributed by atoms with Crippen LogP contribution in [0.1, 0.15) is 19.8 Å². The number of amides is 2. The highest BCUT2D eigenvalue weighted by atomic mass is 16.5. The molecule has 0 aromatic carbocycles. The zero-order valence-electron chi connectivity index (χ0n) is 10.9. The molecular weight excluding hydrogens is 222 g/mol. The predicted octanol–water partition coefficient (Wildman–Crippen LogP) is -0.665. The number of carbonyl (C=O) groups excluding carboxylic acids is 2. The summed E-state index contributed by atoms with van der Waals surface area (Å²) in [4.78, 5) is 24.5. The van der Waals surface area contributed by atoms with Crippen molar-refractivity contribution in [3.8, 4) is 0 Å². The topological polar surface area (TPSA) is 84.7 Å². The van der Waals surface area contributed by atoms with Crippen molar-refractivity contribution in [2.45, 2.75) is 25.9 Å². The molecule has 0 fully saturated rings. The molecule has 0 rings (SSSR count). The third kappa shape index (κ3) is 6.91. The van der Waals surface area contributed by atoms with Gasteiger partial charge in [-0.15, -0.1) is 0 Å². The van der Waals surface area contributed by atoms with Crippen LogP contribution in [0.5, 0.6) is 0 Å². The first kappa shape index (κ1) is 15.9. The number of ether oxygens (including phenoxy) is 1. The van der Waals surface area contributed by atoms with Crippen LogP contribution in [0.15, 0.2) is 0 Å². The summed E-state index contributed by atoms with van der Waals surface area (Å²) in [6.45, 7) is 2.96. The van der Waals surface area contributed by atoms with Gasteiger partial charge >= 0.3 is 0 Å². The number of hydrogen-bond acceptors (Lipinski definition) is 4. The van der Waals surface area contributed by atoms with Crippen molar-refractivity contribution in [2.75, 3.05) is 33.8 Å². The first-order valence-corrected chi connectivity index (χ1v) is 5.78. The molecule has 0 saturated carbocycles. The minimum absolute atomic E-state index is 0.0693. The molecule has 17 heavy (non-hydrogen) atoms. The van der Waals surface area contributed by atoms with Crippen LogP contribution in [0.2, 0.25) is 0 Å². The number of rotatable bonds is 8. The number of nitrogens with zero attached hydrogens (tertiary/aromatic N) is 1. The summed E-state index contributed by atoms with van der Waals surface area (Å²) in [6.07, 6.45) is 0.788. The maximum absolute atomic E-state index is 11.7. The molecule has 0 aliphatic rings. The van der Waals surface area contributed by atoms with Gasteiger partial charge in [-0.2, -0.15) is 0 Å². The van der Waals surface area contributed by atoms with Crippen LogP contribution in [-0.4, -0.2) is 56.6 Å². The maximum Gasteiger partial charge on any atom is 0.239 e. The van der Waals surface area contributed by atoms with Gasteiger partial charge in [0.15, 0.2) is 0 Å². The van der Waals surface area contributed by atoms with Crippen LogP contribution in [0, 0.1) is 0 Å². The average Bonchev–Trinajstić information content (AvgIpc) is 2.32. The van der Waals surface area contributed by atoms with Crippen molar-refractivity contribution in [3.63, 3.8) is 0 Å². The van der Waals surface area contributed by atoms with E-state index in [9.17, 15) is 9.59 Å². The van der Waals surface area contributed by atoms with Crippen molar-refractivity contribution < 1.29 is 14.3 Å². The summed E-state index contributed by atoms with van der Waals surface area (Å²) in [7, 11) is 3.11. The Kier molecular flexibility index (Phi) is 8.35. The third-order valence-corrected chi connectivity index (χ3v) is 2.38. The quantitative estimate of drug-likeness (QED) is 0.594. The van der Waals surface area contributed by atoms with Gasteiger partial charge in [-0.25, -0.2) is 0 Å². The van der Waals surface area contributed by atoms with Gasteiger partial charge in [0.25, 0.3) is 0 Å².